The second kappa shape index (κ2) is 17.2. The van der Waals surface area contributed by atoms with Gasteiger partial charge in [-0.2, -0.15) is 0 Å². The van der Waals surface area contributed by atoms with Crippen molar-refractivity contribution < 1.29 is 39.9 Å². The SMILES string of the molecule is CC(C)Oc1ccccc1[CH]=[Ru][Cl].CCc1cccc(C)c1N1[CH-]C(C)(c2ccc(CC(C)C)cc2)CC1(C)C.[CH3-].[Ru]. The standard InChI is InChI=1S/C26H36N.C10H12O.CH3.ClH.2Ru/c1-8-22-11-9-10-20(4)24(22)27-18-26(7,17-25(27,5)6)23-14-12-21(13-15-23)16-19(2)3;1-8(2)11-10-7-5-4-6-9(10)3;;;;/h9-15,18-19H,8,16-17H2,1-7H3;3-8H,1-2H3;1H3;1H;;/q-1;;-1;;;+1/p-1. The van der Waals surface area contributed by atoms with Crippen molar-refractivity contribution >= 4 is 20.0 Å². The molecule has 4 rings (SSSR count). The number of halogens is 1. The van der Waals surface area contributed by atoms with E-state index < -0.39 is 0 Å². The molecule has 0 saturated carbocycles. The molecular formula is C37H51ClNORu2-2. The molecule has 0 spiro atoms. The Morgan fingerprint density at radius 2 is 1.62 bits per heavy atom. The molecule has 235 valence electrons. The van der Waals surface area contributed by atoms with Gasteiger partial charge in [0.05, 0.1) is 0 Å². The van der Waals surface area contributed by atoms with E-state index in [2.05, 4.69) is 102 Å². The third-order valence-corrected chi connectivity index (χ3v) is 8.68. The van der Waals surface area contributed by atoms with Gasteiger partial charge in [-0.05, 0) is 62.6 Å². The number of para-hydroxylation sites is 2. The van der Waals surface area contributed by atoms with Crippen LogP contribution < -0.4 is 9.64 Å². The molecule has 5 heteroatoms. The van der Waals surface area contributed by atoms with Crippen LogP contribution in [0.5, 0.6) is 5.75 Å². The molecule has 0 radical (unpaired) electrons. The van der Waals surface area contributed by atoms with Crippen LogP contribution in [0.2, 0.25) is 0 Å². The Morgan fingerprint density at radius 1 is 0.976 bits per heavy atom. The van der Waals surface area contributed by atoms with E-state index in [9.17, 15) is 0 Å². The summed E-state index contributed by atoms with van der Waals surface area (Å²) >= 11 is -0.191. The van der Waals surface area contributed by atoms with Gasteiger partial charge in [0, 0.05) is 30.7 Å². The summed E-state index contributed by atoms with van der Waals surface area (Å²) in [5.41, 5.74) is 8.35. The molecule has 0 N–H and O–H groups in total. The van der Waals surface area contributed by atoms with Crippen molar-refractivity contribution in [3.05, 3.63) is 109 Å². The summed E-state index contributed by atoms with van der Waals surface area (Å²) in [6.45, 7) is 22.8. The van der Waals surface area contributed by atoms with Crippen molar-refractivity contribution in [1.82, 2.24) is 0 Å². The molecule has 42 heavy (non-hydrogen) atoms. The van der Waals surface area contributed by atoms with Gasteiger partial charge in [0.25, 0.3) is 0 Å². The number of hydrogen-bond donors (Lipinski definition) is 0. The minimum Gasteiger partial charge on any atom is -0.517 e. The van der Waals surface area contributed by atoms with Crippen LogP contribution >= 0.6 is 9.69 Å². The molecule has 1 aliphatic heterocycles. The minimum atomic E-state index is -0.191. The molecule has 1 aliphatic rings. The first kappa shape index (κ1) is 38.7. The summed E-state index contributed by atoms with van der Waals surface area (Å²) in [4.78, 5) is 2.56. The van der Waals surface area contributed by atoms with Gasteiger partial charge in [-0.3, -0.25) is 0 Å². The normalized spacial score (nSPS) is 17.7. The Morgan fingerprint density at radius 3 is 2.19 bits per heavy atom. The summed E-state index contributed by atoms with van der Waals surface area (Å²) in [7, 11) is 5.72. The topological polar surface area (TPSA) is 12.5 Å². The van der Waals surface area contributed by atoms with Gasteiger partial charge in [-0.1, -0.05) is 75.7 Å². The monoisotopic (exact) mass is 764 g/mol. The van der Waals surface area contributed by atoms with Gasteiger partial charge in [0.15, 0.2) is 0 Å². The molecule has 1 unspecified atom stereocenters. The fourth-order valence-electron chi connectivity index (χ4n) is 5.84. The van der Waals surface area contributed by atoms with E-state index in [1.54, 1.807) is 0 Å². The maximum absolute atomic E-state index is 5.72. The second-order valence-corrected chi connectivity index (χ2v) is 14.3. The summed E-state index contributed by atoms with van der Waals surface area (Å²) in [5, 5.41) is 0. The van der Waals surface area contributed by atoms with E-state index in [-0.39, 0.29) is 59.6 Å². The number of rotatable bonds is 8. The molecule has 0 amide bonds. The molecule has 0 bridgehead atoms. The molecule has 3 aromatic rings. The van der Waals surface area contributed by atoms with Gasteiger partial charge in [-0.25, -0.2) is 6.54 Å². The van der Waals surface area contributed by atoms with Crippen LogP contribution in [0, 0.1) is 26.8 Å². The van der Waals surface area contributed by atoms with Crippen molar-refractivity contribution in [2.45, 2.75) is 98.6 Å². The van der Waals surface area contributed by atoms with Crippen molar-refractivity contribution in [2.75, 3.05) is 4.90 Å². The molecule has 1 atom stereocenters. The Hall–Kier alpha value is -1.33. The third-order valence-electron chi connectivity index (χ3n) is 7.50. The van der Waals surface area contributed by atoms with Crippen LogP contribution in [-0.2, 0) is 53.4 Å². The Kier molecular flexibility index (Phi) is 15.9. The van der Waals surface area contributed by atoms with Gasteiger partial charge in [0.1, 0.15) is 0 Å². The fourth-order valence-corrected chi connectivity index (χ4v) is 6.95. The largest absolute Gasteiger partial charge is 0.517 e. The van der Waals surface area contributed by atoms with Crippen molar-refractivity contribution in [3.63, 3.8) is 0 Å². The maximum Gasteiger partial charge on any atom is 0.0137 e. The molecule has 0 aliphatic carbocycles. The second-order valence-electron chi connectivity index (χ2n) is 12.5. The molecule has 1 heterocycles. The first-order valence-corrected chi connectivity index (χ1v) is 17.8. The first-order valence-electron chi connectivity index (χ1n) is 14.5. The van der Waals surface area contributed by atoms with Crippen LogP contribution in [0.4, 0.5) is 5.69 Å². The van der Waals surface area contributed by atoms with E-state index >= 15 is 0 Å². The number of aryl methyl sites for hydroxylation is 2. The van der Waals surface area contributed by atoms with Crippen LogP contribution in [0.3, 0.4) is 0 Å². The number of hydrogen-bond acceptors (Lipinski definition) is 2. The quantitative estimate of drug-likeness (QED) is 0.167. The summed E-state index contributed by atoms with van der Waals surface area (Å²) in [5.74, 6) is 1.62. The zero-order valence-electron chi connectivity index (χ0n) is 27.2. The average Bonchev–Trinajstić information content (AvgIpc) is 3.14. The van der Waals surface area contributed by atoms with Crippen LogP contribution in [0.1, 0.15) is 89.6 Å². The molecule has 1 fully saturated rings. The van der Waals surface area contributed by atoms with Gasteiger partial charge in [0.2, 0.25) is 0 Å². The molecule has 0 aromatic heterocycles. The maximum atomic E-state index is 5.72. The van der Waals surface area contributed by atoms with E-state index in [0.717, 1.165) is 30.6 Å². The average molecular weight is 763 g/mol. The van der Waals surface area contributed by atoms with Crippen LogP contribution in [0.25, 0.3) is 0 Å². The number of benzene rings is 3. The van der Waals surface area contributed by atoms with Crippen molar-refractivity contribution in [1.29, 1.82) is 0 Å². The summed E-state index contributed by atoms with van der Waals surface area (Å²) in [6.07, 6.45) is 3.56. The first-order chi connectivity index (χ1) is 18.9. The van der Waals surface area contributed by atoms with Gasteiger partial charge in [-0.15, -0.1) is 5.41 Å². The van der Waals surface area contributed by atoms with Crippen LogP contribution in [0.15, 0.2) is 66.7 Å². The van der Waals surface area contributed by atoms with E-state index in [1.807, 2.05) is 42.7 Å². The predicted octanol–water partition coefficient (Wildman–Crippen LogP) is 10.2. The third kappa shape index (κ3) is 10.1. The molecule has 1 saturated heterocycles. The number of anilines is 1. The van der Waals surface area contributed by atoms with E-state index in [0.29, 0.717) is 5.92 Å². The zero-order valence-corrected chi connectivity index (χ0v) is 31.5. The Balaban J connectivity index is 0.000000500. The van der Waals surface area contributed by atoms with Crippen molar-refractivity contribution in [2.24, 2.45) is 5.92 Å². The Bertz CT molecular complexity index is 1270. The summed E-state index contributed by atoms with van der Waals surface area (Å²) < 4.78 is 7.66. The van der Waals surface area contributed by atoms with Gasteiger partial charge >= 0.3 is 90.3 Å². The Labute approximate surface area is 281 Å². The zero-order chi connectivity index (χ0) is 29.5. The van der Waals surface area contributed by atoms with Gasteiger partial charge < -0.3 is 12.3 Å². The number of ether oxygens (including phenoxy) is 1. The minimum absolute atomic E-state index is 0. The smallest absolute Gasteiger partial charge is 0.0137 e. The number of nitrogens with zero attached hydrogens (tertiary/aromatic N) is 1. The molecular weight excluding hydrogens is 712 g/mol. The molecule has 2 nitrogen and oxygen atoms in total. The van der Waals surface area contributed by atoms with Crippen molar-refractivity contribution in [3.8, 4) is 5.75 Å². The molecule has 3 aromatic carbocycles. The van der Waals surface area contributed by atoms with E-state index in [1.165, 1.54) is 27.9 Å². The van der Waals surface area contributed by atoms with E-state index in [4.69, 9.17) is 14.4 Å². The predicted molar refractivity (Wildman–Crippen MR) is 178 cm³/mol. The summed E-state index contributed by atoms with van der Waals surface area (Å²) in [6, 6.07) is 24.0. The fraction of sp³-hybridized carbons (Fsp3) is 0.432. The van der Waals surface area contributed by atoms with Crippen LogP contribution in [-0.4, -0.2) is 16.3 Å².